The van der Waals surface area contributed by atoms with Gasteiger partial charge in [-0.2, -0.15) is 0 Å². The maximum absolute atomic E-state index is 5.67. The molecular formula is C12H15N3O2S. The molecule has 1 N–H and O–H groups in total. The molecule has 5 nitrogen and oxygen atoms in total. The molecule has 1 aromatic heterocycles. The molecule has 1 aromatic carbocycles. The number of nitrogens with one attached hydrogen (secondary N) is 1. The second-order valence-electron chi connectivity index (χ2n) is 3.50. The highest BCUT2D eigenvalue weighted by molar-refractivity contribution is 7.18. The van der Waals surface area contributed by atoms with Crippen LogP contribution in [-0.2, 0) is 4.74 Å². The third kappa shape index (κ3) is 2.96. The number of methoxy groups -OCH3 is 1. The molecule has 0 aliphatic rings. The van der Waals surface area contributed by atoms with Crippen LogP contribution in [-0.4, -0.2) is 37.6 Å². The Morgan fingerprint density at radius 3 is 2.78 bits per heavy atom. The highest BCUT2D eigenvalue weighted by atomic mass is 32.1. The summed E-state index contributed by atoms with van der Waals surface area (Å²) in [6.45, 7) is 1.08. The van der Waals surface area contributed by atoms with Crippen molar-refractivity contribution in [3.63, 3.8) is 0 Å². The van der Waals surface area contributed by atoms with Crippen molar-refractivity contribution in [3.8, 4) is 16.3 Å². The van der Waals surface area contributed by atoms with Crippen LogP contribution in [0.2, 0.25) is 0 Å². The van der Waals surface area contributed by atoms with E-state index in [1.807, 2.05) is 31.3 Å². The van der Waals surface area contributed by atoms with E-state index in [1.165, 1.54) is 11.3 Å². The van der Waals surface area contributed by atoms with Crippen LogP contribution in [0.3, 0.4) is 0 Å². The molecule has 2 aromatic rings. The quantitative estimate of drug-likeness (QED) is 0.812. The van der Waals surface area contributed by atoms with Gasteiger partial charge in [-0.15, -0.1) is 10.2 Å². The highest BCUT2D eigenvalue weighted by Gasteiger charge is 2.10. The monoisotopic (exact) mass is 265 g/mol. The van der Waals surface area contributed by atoms with E-state index in [0.717, 1.165) is 21.5 Å². The van der Waals surface area contributed by atoms with Crippen LogP contribution < -0.4 is 10.1 Å². The van der Waals surface area contributed by atoms with Crippen molar-refractivity contribution in [3.05, 3.63) is 24.3 Å². The summed E-state index contributed by atoms with van der Waals surface area (Å²) >= 11 is 1.49. The Bertz CT molecular complexity index is 502. The van der Waals surface area contributed by atoms with Gasteiger partial charge in [-0.25, -0.2) is 0 Å². The lowest BCUT2D eigenvalue weighted by Crippen LogP contribution is -2.04. The van der Waals surface area contributed by atoms with Crippen LogP contribution in [0.5, 0.6) is 5.75 Å². The molecule has 2 rings (SSSR count). The zero-order chi connectivity index (χ0) is 12.8. The summed E-state index contributed by atoms with van der Waals surface area (Å²) in [5, 5.41) is 12.8. The predicted molar refractivity (Wildman–Crippen MR) is 72.3 cm³/mol. The molecule has 0 bridgehead atoms. The van der Waals surface area contributed by atoms with E-state index >= 15 is 0 Å². The van der Waals surface area contributed by atoms with Gasteiger partial charge in [0.2, 0.25) is 5.13 Å². The predicted octanol–water partition coefficient (Wildman–Crippen LogP) is 2.27. The normalized spacial score (nSPS) is 10.3. The molecular weight excluding hydrogens is 250 g/mol. The number of rotatable bonds is 6. The standard InChI is InChI=1S/C12H15N3O2S/c1-13-12-15-14-11(18-12)9-5-3-4-6-10(9)17-8-7-16-2/h3-6H,7-8H2,1-2H3,(H,13,15). The van der Waals surface area contributed by atoms with Crippen LogP contribution in [0.1, 0.15) is 0 Å². The Kier molecular flexibility index (Phi) is 4.49. The molecule has 0 radical (unpaired) electrons. The van der Waals surface area contributed by atoms with Gasteiger partial charge in [-0.3, -0.25) is 0 Å². The van der Waals surface area contributed by atoms with E-state index in [-0.39, 0.29) is 0 Å². The summed E-state index contributed by atoms with van der Waals surface area (Å²) in [5.74, 6) is 0.799. The number of anilines is 1. The van der Waals surface area contributed by atoms with Crippen LogP contribution >= 0.6 is 11.3 Å². The van der Waals surface area contributed by atoms with Gasteiger partial charge in [0.05, 0.1) is 12.2 Å². The van der Waals surface area contributed by atoms with E-state index < -0.39 is 0 Å². The van der Waals surface area contributed by atoms with Crippen molar-refractivity contribution >= 4 is 16.5 Å². The second kappa shape index (κ2) is 6.32. The molecule has 0 fully saturated rings. The number of para-hydroxylation sites is 1. The van der Waals surface area contributed by atoms with E-state index in [0.29, 0.717) is 13.2 Å². The largest absolute Gasteiger partial charge is 0.490 e. The molecule has 0 saturated carbocycles. The number of ether oxygens (including phenoxy) is 2. The third-order valence-corrected chi connectivity index (χ3v) is 3.28. The van der Waals surface area contributed by atoms with Crippen LogP contribution in [0.15, 0.2) is 24.3 Å². The SMILES string of the molecule is CNc1nnc(-c2ccccc2OCCOC)s1. The maximum Gasteiger partial charge on any atom is 0.205 e. The van der Waals surface area contributed by atoms with Crippen LogP contribution in [0.4, 0.5) is 5.13 Å². The van der Waals surface area contributed by atoms with E-state index in [1.54, 1.807) is 7.11 Å². The molecule has 0 spiro atoms. The first-order chi connectivity index (χ1) is 8.85. The van der Waals surface area contributed by atoms with Crippen molar-refractivity contribution in [2.24, 2.45) is 0 Å². The molecule has 96 valence electrons. The summed E-state index contributed by atoms with van der Waals surface area (Å²) in [6.07, 6.45) is 0. The van der Waals surface area contributed by atoms with Gasteiger partial charge in [-0.05, 0) is 12.1 Å². The topological polar surface area (TPSA) is 56.3 Å². The Labute approximate surface area is 110 Å². The molecule has 0 aliphatic heterocycles. The van der Waals surface area contributed by atoms with E-state index in [2.05, 4.69) is 15.5 Å². The molecule has 0 unspecified atom stereocenters. The zero-order valence-corrected chi connectivity index (χ0v) is 11.2. The fourth-order valence-corrected chi connectivity index (χ4v) is 2.16. The van der Waals surface area contributed by atoms with Crippen molar-refractivity contribution in [2.75, 3.05) is 32.7 Å². The van der Waals surface area contributed by atoms with E-state index in [4.69, 9.17) is 9.47 Å². The lowest BCUT2D eigenvalue weighted by Gasteiger charge is -2.08. The van der Waals surface area contributed by atoms with Crippen molar-refractivity contribution < 1.29 is 9.47 Å². The summed E-state index contributed by atoms with van der Waals surface area (Å²) in [7, 11) is 3.48. The molecule has 6 heteroatoms. The number of hydrogen-bond acceptors (Lipinski definition) is 6. The summed E-state index contributed by atoms with van der Waals surface area (Å²) in [6, 6.07) is 7.79. The van der Waals surface area contributed by atoms with Gasteiger partial charge >= 0.3 is 0 Å². The van der Waals surface area contributed by atoms with Gasteiger partial charge in [-0.1, -0.05) is 23.5 Å². The lowest BCUT2D eigenvalue weighted by molar-refractivity contribution is 0.146. The van der Waals surface area contributed by atoms with Gasteiger partial charge in [0.15, 0.2) is 5.01 Å². The van der Waals surface area contributed by atoms with Gasteiger partial charge in [0.25, 0.3) is 0 Å². The Balaban J connectivity index is 2.20. The second-order valence-corrected chi connectivity index (χ2v) is 4.48. The molecule has 0 aliphatic carbocycles. The van der Waals surface area contributed by atoms with Gasteiger partial charge in [0, 0.05) is 14.2 Å². The Morgan fingerprint density at radius 1 is 1.22 bits per heavy atom. The van der Waals surface area contributed by atoms with Crippen LogP contribution in [0, 0.1) is 0 Å². The van der Waals surface area contributed by atoms with E-state index in [9.17, 15) is 0 Å². The average molecular weight is 265 g/mol. The fraction of sp³-hybridized carbons (Fsp3) is 0.333. The minimum Gasteiger partial charge on any atom is -0.490 e. The van der Waals surface area contributed by atoms with Crippen LogP contribution in [0.25, 0.3) is 10.6 Å². The lowest BCUT2D eigenvalue weighted by atomic mass is 10.2. The third-order valence-electron chi connectivity index (χ3n) is 2.30. The Hall–Kier alpha value is -1.66. The average Bonchev–Trinajstić information content (AvgIpc) is 2.88. The minimum atomic E-state index is 0.519. The summed E-state index contributed by atoms with van der Waals surface area (Å²) in [5.41, 5.74) is 0.951. The van der Waals surface area contributed by atoms with Gasteiger partial charge in [0.1, 0.15) is 12.4 Å². The number of benzene rings is 1. The number of hydrogen-bond donors (Lipinski definition) is 1. The van der Waals surface area contributed by atoms with Crippen molar-refractivity contribution in [1.82, 2.24) is 10.2 Å². The Morgan fingerprint density at radius 2 is 2.06 bits per heavy atom. The molecule has 0 saturated heterocycles. The smallest absolute Gasteiger partial charge is 0.205 e. The first-order valence-electron chi connectivity index (χ1n) is 5.57. The zero-order valence-electron chi connectivity index (χ0n) is 10.3. The molecule has 0 amide bonds. The first kappa shape index (κ1) is 12.8. The van der Waals surface area contributed by atoms with Gasteiger partial charge < -0.3 is 14.8 Å². The minimum absolute atomic E-state index is 0.519. The maximum atomic E-state index is 5.67. The summed E-state index contributed by atoms with van der Waals surface area (Å²) < 4.78 is 10.6. The van der Waals surface area contributed by atoms with Crippen molar-refractivity contribution in [1.29, 1.82) is 0 Å². The highest BCUT2D eigenvalue weighted by Crippen LogP contribution is 2.33. The molecule has 18 heavy (non-hydrogen) atoms. The fourth-order valence-electron chi connectivity index (χ4n) is 1.44. The molecule has 0 atom stereocenters. The number of aromatic nitrogens is 2. The molecule has 1 heterocycles. The van der Waals surface area contributed by atoms with Crippen molar-refractivity contribution in [2.45, 2.75) is 0 Å². The summed E-state index contributed by atoms with van der Waals surface area (Å²) in [4.78, 5) is 0. The first-order valence-corrected chi connectivity index (χ1v) is 6.39. The number of nitrogens with zero attached hydrogens (tertiary/aromatic N) is 2.